The molecule has 1 aliphatic rings. The van der Waals surface area contributed by atoms with Crippen LogP contribution >= 0.6 is 46.8 Å². The minimum atomic E-state index is -1.71. The standard InChI is InChI=1S/C7H9Cl3N2O2S/c1-2-3-4-5(13)12(6(14)11-4)15-7(8,9)10/h4H,2-3H2,1H3,(H,11,14). The van der Waals surface area contributed by atoms with Gasteiger partial charge in [-0.05, 0) is 6.42 Å². The molecule has 8 heteroatoms. The predicted octanol–water partition coefficient (Wildman–Crippen LogP) is 2.68. The summed E-state index contributed by atoms with van der Waals surface area (Å²) in [6.45, 7) is 1.92. The van der Waals surface area contributed by atoms with Crippen LogP contribution in [0.2, 0.25) is 0 Å². The second kappa shape index (κ2) is 4.99. The molecule has 1 atom stereocenters. The van der Waals surface area contributed by atoms with Crippen LogP contribution in [0.4, 0.5) is 4.79 Å². The number of halogens is 3. The summed E-state index contributed by atoms with van der Waals surface area (Å²) in [5, 5.41) is 2.52. The van der Waals surface area contributed by atoms with Crippen LogP contribution in [0.5, 0.6) is 0 Å². The molecule has 0 bridgehead atoms. The van der Waals surface area contributed by atoms with Crippen LogP contribution in [0.3, 0.4) is 0 Å². The molecule has 1 unspecified atom stereocenters. The Morgan fingerprint density at radius 1 is 1.47 bits per heavy atom. The molecule has 0 saturated carbocycles. The molecule has 1 saturated heterocycles. The monoisotopic (exact) mass is 290 g/mol. The minimum Gasteiger partial charge on any atom is -0.325 e. The first-order valence-electron chi connectivity index (χ1n) is 4.25. The molecule has 86 valence electrons. The molecule has 4 nitrogen and oxygen atoms in total. The summed E-state index contributed by atoms with van der Waals surface area (Å²) in [7, 11) is 0. The average Bonchev–Trinajstić information content (AvgIpc) is 2.32. The van der Waals surface area contributed by atoms with Gasteiger partial charge in [0.1, 0.15) is 6.04 Å². The zero-order chi connectivity index (χ0) is 11.6. The van der Waals surface area contributed by atoms with E-state index in [9.17, 15) is 9.59 Å². The Morgan fingerprint density at radius 3 is 2.53 bits per heavy atom. The third kappa shape index (κ3) is 3.59. The Kier molecular flexibility index (Phi) is 4.40. The molecule has 0 aromatic rings. The van der Waals surface area contributed by atoms with Gasteiger partial charge in [-0.1, -0.05) is 48.1 Å². The van der Waals surface area contributed by atoms with E-state index in [4.69, 9.17) is 34.8 Å². The number of rotatable bonds is 3. The van der Waals surface area contributed by atoms with Gasteiger partial charge in [0.15, 0.2) is 0 Å². The molecule has 0 aromatic heterocycles. The van der Waals surface area contributed by atoms with Crippen molar-refractivity contribution in [2.45, 2.75) is 28.9 Å². The molecule has 0 aliphatic carbocycles. The lowest BCUT2D eigenvalue weighted by Gasteiger charge is -2.16. The van der Waals surface area contributed by atoms with Crippen LogP contribution in [0.25, 0.3) is 0 Å². The number of nitrogens with one attached hydrogen (secondary N) is 1. The molecule has 15 heavy (non-hydrogen) atoms. The van der Waals surface area contributed by atoms with E-state index in [1.54, 1.807) is 0 Å². The molecule has 0 aromatic carbocycles. The Morgan fingerprint density at radius 2 is 2.07 bits per heavy atom. The molecule has 1 heterocycles. The van der Waals surface area contributed by atoms with Gasteiger partial charge in [-0.3, -0.25) is 4.79 Å². The van der Waals surface area contributed by atoms with Crippen molar-refractivity contribution in [2.75, 3.05) is 0 Å². The van der Waals surface area contributed by atoms with Crippen molar-refractivity contribution in [3.8, 4) is 0 Å². The third-order valence-electron chi connectivity index (χ3n) is 1.75. The molecule has 3 amide bonds. The summed E-state index contributed by atoms with van der Waals surface area (Å²) >= 11 is 17.0. The molecule has 1 fully saturated rings. The molecular weight excluding hydrogens is 283 g/mol. The number of alkyl halides is 3. The van der Waals surface area contributed by atoms with Crippen LogP contribution in [-0.4, -0.2) is 25.4 Å². The quantitative estimate of drug-likeness (QED) is 0.494. The number of carbonyl (C=O) groups is 2. The maximum Gasteiger partial charge on any atom is 0.335 e. The maximum atomic E-state index is 11.6. The topological polar surface area (TPSA) is 49.4 Å². The fourth-order valence-corrected chi connectivity index (χ4v) is 2.37. The van der Waals surface area contributed by atoms with Crippen LogP contribution in [-0.2, 0) is 4.79 Å². The van der Waals surface area contributed by atoms with Crippen LogP contribution < -0.4 is 5.32 Å². The van der Waals surface area contributed by atoms with Gasteiger partial charge >= 0.3 is 6.03 Å². The highest BCUT2D eigenvalue weighted by molar-refractivity contribution is 8.03. The predicted molar refractivity (Wildman–Crippen MR) is 62.0 cm³/mol. The second-order valence-corrected chi connectivity index (χ2v) is 7.07. The fourth-order valence-electron chi connectivity index (χ4n) is 1.19. The Bertz CT molecular complexity index is 282. The van der Waals surface area contributed by atoms with E-state index in [0.29, 0.717) is 18.4 Å². The number of nitrogens with zero attached hydrogens (tertiary/aromatic N) is 1. The van der Waals surface area contributed by atoms with Crippen LogP contribution in [0.1, 0.15) is 19.8 Å². The van der Waals surface area contributed by atoms with Gasteiger partial charge in [0, 0.05) is 11.9 Å². The van der Waals surface area contributed by atoms with E-state index >= 15 is 0 Å². The summed E-state index contributed by atoms with van der Waals surface area (Å²) in [4.78, 5) is 23.0. The van der Waals surface area contributed by atoms with Crippen molar-refractivity contribution in [3.05, 3.63) is 0 Å². The number of urea groups is 1. The van der Waals surface area contributed by atoms with Crippen molar-refractivity contribution in [1.29, 1.82) is 0 Å². The van der Waals surface area contributed by atoms with Gasteiger partial charge < -0.3 is 5.32 Å². The van der Waals surface area contributed by atoms with Crippen molar-refractivity contribution < 1.29 is 9.59 Å². The lowest BCUT2D eigenvalue weighted by Crippen LogP contribution is -2.28. The lowest BCUT2D eigenvalue weighted by molar-refractivity contribution is -0.124. The molecule has 0 spiro atoms. The maximum absolute atomic E-state index is 11.6. The summed E-state index contributed by atoms with van der Waals surface area (Å²) < 4.78 is -0.860. The first-order valence-corrected chi connectivity index (χ1v) is 6.16. The van der Waals surface area contributed by atoms with E-state index in [1.807, 2.05) is 6.92 Å². The molecule has 1 aliphatic heterocycles. The Labute approximate surface area is 107 Å². The summed E-state index contributed by atoms with van der Waals surface area (Å²) in [6.07, 6.45) is 1.38. The SMILES string of the molecule is CCCC1NC(=O)N(SC(Cl)(Cl)Cl)C1=O. The van der Waals surface area contributed by atoms with E-state index in [1.165, 1.54) is 0 Å². The van der Waals surface area contributed by atoms with Crippen LogP contribution in [0.15, 0.2) is 0 Å². The van der Waals surface area contributed by atoms with Crippen LogP contribution in [0, 0.1) is 0 Å². The molecule has 0 radical (unpaired) electrons. The normalized spacial score (nSPS) is 22.1. The Hall–Kier alpha value is 0.160. The highest BCUT2D eigenvalue weighted by Crippen LogP contribution is 2.42. The van der Waals surface area contributed by atoms with Gasteiger partial charge in [0.2, 0.25) is 0 Å². The number of imide groups is 1. The largest absolute Gasteiger partial charge is 0.335 e. The van der Waals surface area contributed by atoms with Crippen molar-refractivity contribution >= 4 is 58.7 Å². The summed E-state index contributed by atoms with van der Waals surface area (Å²) in [6, 6.07) is -1.03. The molecule has 1 rings (SSSR count). The van der Waals surface area contributed by atoms with E-state index in [2.05, 4.69) is 5.32 Å². The van der Waals surface area contributed by atoms with Gasteiger partial charge in [0.25, 0.3) is 9.03 Å². The van der Waals surface area contributed by atoms with E-state index in [0.717, 1.165) is 10.7 Å². The zero-order valence-electron chi connectivity index (χ0n) is 7.80. The van der Waals surface area contributed by atoms with Crippen molar-refractivity contribution in [1.82, 2.24) is 9.62 Å². The molecular formula is C7H9Cl3N2O2S. The van der Waals surface area contributed by atoms with Gasteiger partial charge in [0.05, 0.1) is 0 Å². The van der Waals surface area contributed by atoms with Gasteiger partial charge in [-0.15, -0.1) is 0 Å². The average molecular weight is 292 g/mol. The number of amides is 3. The minimum absolute atomic E-state index is 0.363. The number of carbonyl (C=O) groups excluding carboxylic acids is 2. The van der Waals surface area contributed by atoms with E-state index < -0.39 is 15.2 Å². The smallest absolute Gasteiger partial charge is 0.325 e. The van der Waals surface area contributed by atoms with Crippen molar-refractivity contribution in [3.63, 3.8) is 0 Å². The highest BCUT2D eigenvalue weighted by atomic mass is 35.6. The fraction of sp³-hybridized carbons (Fsp3) is 0.714. The van der Waals surface area contributed by atoms with Crippen molar-refractivity contribution in [2.24, 2.45) is 0 Å². The second-order valence-electron chi connectivity index (χ2n) is 2.96. The van der Waals surface area contributed by atoms with Gasteiger partial charge in [-0.2, -0.15) is 4.31 Å². The molecule has 1 N–H and O–H groups in total. The first kappa shape index (κ1) is 13.2. The summed E-state index contributed by atoms with van der Waals surface area (Å²) in [5.74, 6) is -0.363. The number of hydrogen-bond acceptors (Lipinski definition) is 3. The third-order valence-corrected chi connectivity index (χ3v) is 3.11. The van der Waals surface area contributed by atoms with E-state index in [-0.39, 0.29) is 5.91 Å². The number of hydrogen-bond donors (Lipinski definition) is 1. The summed E-state index contributed by atoms with van der Waals surface area (Å²) in [5.41, 5.74) is 0. The van der Waals surface area contributed by atoms with Gasteiger partial charge in [-0.25, -0.2) is 4.79 Å². The lowest BCUT2D eigenvalue weighted by atomic mass is 10.2. The highest BCUT2D eigenvalue weighted by Gasteiger charge is 2.42. The first-order chi connectivity index (χ1) is 6.85. The zero-order valence-corrected chi connectivity index (χ0v) is 10.9. The Balaban J connectivity index is 2.67.